The Hall–Kier alpha value is -1.10. The van der Waals surface area contributed by atoms with E-state index in [4.69, 9.17) is 9.47 Å². The SMILES string of the molecule is COc1ccc(C)cc1CN(C)CC1CNCCO1. The summed E-state index contributed by atoms with van der Waals surface area (Å²) in [6.07, 6.45) is 0.287. The number of likely N-dealkylation sites (N-methyl/N-ethyl adjacent to an activating group) is 1. The first-order valence-corrected chi connectivity index (χ1v) is 6.83. The summed E-state index contributed by atoms with van der Waals surface area (Å²) in [7, 11) is 3.85. The van der Waals surface area contributed by atoms with E-state index in [1.54, 1.807) is 7.11 Å². The molecule has 2 rings (SSSR count). The lowest BCUT2D eigenvalue weighted by atomic mass is 10.1. The highest BCUT2D eigenvalue weighted by atomic mass is 16.5. The van der Waals surface area contributed by atoms with Gasteiger partial charge >= 0.3 is 0 Å². The summed E-state index contributed by atoms with van der Waals surface area (Å²) < 4.78 is 11.2. The average Bonchev–Trinajstić information content (AvgIpc) is 2.40. The monoisotopic (exact) mass is 264 g/mol. The molecule has 1 fully saturated rings. The molecule has 1 aromatic rings. The van der Waals surface area contributed by atoms with Gasteiger partial charge in [0.1, 0.15) is 5.75 Å². The minimum absolute atomic E-state index is 0.287. The third kappa shape index (κ3) is 4.20. The summed E-state index contributed by atoms with van der Waals surface area (Å²) in [5, 5.41) is 3.36. The Labute approximate surface area is 115 Å². The van der Waals surface area contributed by atoms with Crippen LogP contribution >= 0.6 is 0 Å². The highest BCUT2D eigenvalue weighted by molar-refractivity contribution is 5.36. The van der Waals surface area contributed by atoms with Gasteiger partial charge in [-0.1, -0.05) is 17.7 Å². The van der Waals surface area contributed by atoms with Gasteiger partial charge in [-0.3, -0.25) is 4.90 Å². The number of hydrogen-bond acceptors (Lipinski definition) is 4. The average molecular weight is 264 g/mol. The van der Waals surface area contributed by atoms with Gasteiger partial charge in [0, 0.05) is 31.7 Å². The maximum absolute atomic E-state index is 5.73. The normalized spacial score (nSPS) is 19.7. The van der Waals surface area contributed by atoms with E-state index < -0.39 is 0 Å². The summed E-state index contributed by atoms with van der Waals surface area (Å²) in [5.41, 5.74) is 2.49. The highest BCUT2D eigenvalue weighted by Crippen LogP contribution is 2.21. The van der Waals surface area contributed by atoms with Crippen LogP contribution in [0.15, 0.2) is 18.2 Å². The smallest absolute Gasteiger partial charge is 0.123 e. The molecule has 0 saturated carbocycles. The molecule has 1 saturated heterocycles. The zero-order valence-electron chi connectivity index (χ0n) is 12.1. The highest BCUT2D eigenvalue weighted by Gasteiger charge is 2.16. The van der Waals surface area contributed by atoms with Crippen LogP contribution in [0.5, 0.6) is 5.75 Å². The summed E-state index contributed by atoms with van der Waals surface area (Å²) >= 11 is 0. The molecule has 1 aliphatic heterocycles. The lowest BCUT2D eigenvalue weighted by Crippen LogP contribution is -2.44. The molecule has 0 amide bonds. The maximum Gasteiger partial charge on any atom is 0.123 e. The number of benzene rings is 1. The third-order valence-electron chi connectivity index (χ3n) is 3.40. The van der Waals surface area contributed by atoms with Gasteiger partial charge in [0.25, 0.3) is 0 Å². The molecular weight excluding hydrogens is 240 g/mol. The van der Waals surface area contributed by atoms with E-state index in [-0.39, 0.29) is 6.10 Å². The summed E-state index contributed by atoms with van der Waals surface area (Å²) in [6, 6.07) is 6.31. The Kier molecular flexibility index (Phi) is 5.19. The standard InChI is InChI=1S/C15H24N2O2/c1-12-4-5-15(18-3)13(8-12)10-17(2)11-14-9-16-6-7-19-14/h4-5,8,14,16H,6-7,9-11H2,1-3H3. The lowest BCUT2D eigenvalue weighted by molar-refractivity contribution is 0.00875. The lowest BCUT2D eigenvalue weighted by Gasteiger charge is -2.28. The number of ether oxygens (including phenoxy) is 2. The molecule has 106 valence electrons. The molecular formula is C15H24N2O2. The minimum atomic E-state index is 0.287. The molecule has 1 aliphatic rings. The van der Waals surface area contributed by atoms with E-state index in [9.17, 15) is 0 Å². The fraction of sp³-hybridized carbons (Fsp3) is 0.600. The van der Waals surface area contributed by atoms with E-state index in [0.717, 1.165) is 38.5 Å². The molecule has 0 radical (unpaired) electrons. The van der Waals surface area contributed by atoms with Crippen LogP contribution in [0.4, 0.5) is 0 Å². The first kappa shape index (κ1) is 14.3. The van der Waals surface area contributed by atoms with Gasteiger partial charge in [-0.2, -0.15) is 0 Å². The van der Waals surface area contributed by atoms with Crippen molar-refractivity contribution in [2.75, 3.05) is 40.4 Å². The van der Waals surface area contributed by atoms with E-state index in [0.29, 0.717) is 0 Å². The molecule has 1 N–H and O–H groups in total. The second-order valence-electron chi connectivity index (χ2n) is 5.21. The number of morpholine rings is 1. The Morgan fingerprint density at radius 3 is 3.00 bits per heavy atom. The van der Waals surface area contributed by atoms with Gasteiger partial charge in [0.05, 0.1) is 19.8 Å². The number of rotatable bonds is 5. The Morgan fingerprint density at radius 2 is 2.32 bits per heavy atom. The minimum Gasteiger partial charge on any atom is -0.496 e. The second kappa shape index (κ2) is 6.89. The summed E-state index contributed by atoms with van der Waals surface area (Å²) in [4.78, 5) is 2.29. The van der Waals surface area contributed by atoms with Crippen molar-refractivity contribution in [2.45, 2.75) is 19.6 Å². The van der Waals surface area contributed by atoms with E-state index >= 15 is 0 Å². The van der Waals surface area contributed by atoms with E-state index in [1.807, 2.05) is 6.07 Å². The van der Waals surface area contributed by atoms with Crippen molar-refractivity contribution in [3.63, 3.8) is 0 Å². The molecule has 0 aliphatic carbocycles. The molecule has 0 spiro atoms. The number of nitrogens with zero attached hydrogens (tertiary/aromatic N) is 1. The van der Waals surface area contributed by atoms with Crippen molar-refractivity contribution < 1.29 is 9.47 Å². The Bertz CT molecular complexity index is 403. The molecule has 1 heterocycles. The van der Waals surface area contributed by atoms with Crippen LogP contribution in [0.1, 0.15) is 11.1 Å². The first-order valence-electron chi connectivity index (χ1n) is 6.83. The van der Waals surface area contributed by atoms with Gasteiger partial charge in [0.2, 0.25) is 0 Å². The summed E-state index contributed by atoms with van der Waals surface area (Å²) in [6.45, 7) is 6.64. The van der Waals surface area contributed by atoms with Crippen LogP contribution < -0.4 is 10.1 Å². The molecule has 0 aromatic heterocycles. The van der Waals surface area contributed by atoms with Gasteiger partial charge in [-0.05, 0) is 20.0 Å². The van der Waals surface area contributed by atoms with Crippen LogP contribution in [-0.4, -0.2) is 51.4 Å². The molecule has 1 aromatic carbocycles. The van der Waals surface area contributed by atoms with Crippen LogP contribution in [0.25, 0.3) is 0 Å². The number of hydrogen-bond donors (Lipinski definition) is 1. The van der Waals surface area contributed by atoms with Crippen molar-refractivity contribution in [1.29, 1.82) is 0 Å². The van der Waals surface area contributed by atoms with Crippen molar-refractivity contribution in [2.24, 2.45) is 0 Å². The van der Waals surface area contributed by atoms with Crippen LogP contribution in [-0.2, 0) is 11.3 Å². The number of aryl methyl sites for hydroxylation is 1. The topological polar surface area (TPSA) is 33.7 Å². The van der Waals surface area contributed by atoms with Gasteiger partial charge < -0.3 is 14.8 Å². The third-order valence-corrected chi connectivity index (χ3v) is 3.40. The molecule has 4 nitrogen and oxygen atoms in total. The van der Waals surface area contributed by atoms with Crippen molar-refractivity contribution in [3.05, 3.63) is 29.3 Å². The maximum atomic E-state index is 5.73. The van der Waals surface area contributed by atoms with Gasteiger partial charge in [-0.15, -0.1) is 0 Å². The van der Waals surface area contributed by atoms with Crippen LogP contribution in [0, 0.1) is 6.92 Å². The van der Waals surface area contributed by atoms with E-state index in [2.05, 4.69) is 36.3 Å². The number of methoxy groups -OCH3 is 1. The predicted octanol–water partition coefficient (Wildman–Crippen LogP) is 1.42. The predicted molar refractivity (Wildman–Crippen MR) is 76.7 cm³/mol. The molecule has 4 heteroatoms. The van der Waals surface area contributed by atoms with Crippen LogP contribution in [0.2, 0.25) is 0 Å². The fourth-order valence-corrected chi connectivity index (χ4v) is 2.47. The Balaban J connectivity index is 1.93. The van der Waals surface area contributed by atoms with Gasteiger partial charge in [0.15, 0.2) is 0 Å². The molecule has 1 unspecified atom stereocenters. The van der Waals surface area contributed by atoms with Crippen molar-refractivity contribution >= 4 is 0 Å². The number of nitrogens with one attached hydrogen (secondary N) is 1. The largest absolute Gasteiger partial charge is 0.496 e. The molecule has 0 bridgehead atoms. The zero-order chi connectivity index (χ0) is 13.7. The van der Waals surface area contributed by atoms with E-state index in [1.165, 1.54) is 11.1 Å². The quantitative estimate of drug-likeness (QED) is 0.872. The van der Waals surface area contributed by atoms with Crippen molar-refractivity contribution in [3.8, 4) is 5.75 Å². The van der Waals surface area contributed by atoms with Gasteiger partial charge in [-0.25, -0.2) is 0 Å². The molecule has 1 atom stereocenters. The van der Waals surface area contributed by atoms with Crippen molar-refractivity contribution in [1.82, 2.24) is 10.2 Å². The Morgan fingerprint density at radius 1 is 1.47 bits per heavy atom. The zero-order valence-corrected chi connectivity index (χ0v) is 12.1. The summed E-state index contributed by atoms with van der Waals surface area (Å²) in [5.74, 6) is 0.958. The second-order valence-corrected chi connectivity index (χ2v) is 5.21. The first-order chi connectivity index (χ1) is 9.19. The fourth-order valence-electron chi connectivity index (χ4n) is 2.47. The van der Waals surface area contributed by atoms with Crippen LogP contribution in [0.3, 0.4) is 0 Å². The molecule has 19 heavy (non-hydrogen) atoms.